The molecule has 0 atom stereocenters. The van der Waals surface area contributed by atoms with Gasteiger partial charge in [0.2, 0.25) is 0 Å². The zero-order valence-electron chi connectivity index (χ0n) is 12.4. The van der Waals surface area contributed by atoms with Gasteiger partial charge >= 0.3 is 5.97 Å². The Balaban J connectivity index is 2.54. The molecule has 1 heterocycles. The quantitative estimate of drug-likeness (QED) is 0.682. The van der Waals surface area contributed by atoms with Crippen LogP contribution in [0.5, 0.6) is 0 Å². The number of esters is 1. The summed E-state index contributed by atoms with van der Waals surface area (Å²) in [5.74, 6) is -0.524. The van der Waals surface area contributed by atoms with Crippen LogP contribution in [-0.2, 0) is 11.8 Å². The zero-order chi connectivity index (χ0) is 15.7. The summed E-state index contributed by atoms with van der Waals surface area (Å²) in [4.78, 5) is 24.8. The number of ether oxygens (including phenoxy) is 1. The number of carbonyl (C=O) groups excluding carboxylic acids is 1. The fraction of sp³-hybridized carbons (Fsp3) is 0.111. The van der Waals surface area contributed by atoms with E-state index in [0.29, 0.717) is 10.9 Å². The molecule has 3 rings (SSSR count). The third-order valence-corrected chi connectivity index (χ3v) is 3.74. The number of fused-ring (bicyclic) bond motifs is 1. The second-order valence-electron chi connectivity index (χ2n) is 4.99. The van der Waals surface area contributed by atoms with Crippen molar-refractivity contribution in [1.29, 1.82) is 0 Å². The van der Waals surface area contributed by atoms with Gasteiger partial charge in [0.05, 0.1) is 7.11 Å². The van der Waals surface area contributed by atoms with Crippen LogP contribution < -0.4 is 5.56 Å². The minimum atomic E-state index is -0.524. The molecule has 0 aliphatic heterocycles. The molecule has 2 aromatic carbocycles. The van der Waals surface area contributed by atoms with Crippen LogP contribution >= 0.6 is 0 Å². The SMILES string of the molecule is COC(=O)c1c(-c2ccccc2)c2ccccc2c(=O)n1C. The van der Waals surface area contributed by atoms with Crippen LogP contribution in [0, 0.1) is 0 Å². The fourth-order valence-electron chi connectivity index (χ4n) is 2.70. The molecule has 0 aliphatic carbocycles. The van der Waals surface area contributed by atoms with Crippen molar-refractivity contribution in [1.82, 2.24) is 4.57 Å². The Morgan fingerprint density at radius 3 is 2.18 bits per heavy atom. The molecule has 0 radical (unpaired) electrons. The van der Waals surface area contributed by atoms with Crippen LogP contribution in [0.15, 0.2) is 59.4 Å². The van der Waals surface area contributed by atoms with Crippen LogP contribution in [-0.4, -0.2) is 17.6 Å². The van der Waals surface area contributed by atoms with Gasteiger partial charge in [-0.05, 0) is 17.0 Å². The van der Waals surface area contributed by atoms with Gasteiger partial charge in [-0.3, -0.25) is 4.79 Å². The average molecular weight is 293 g/mol. The number of methoxy groups -OCH3 is 1. The number of rotatable bonds is 2. The van der Waals surface area contributed by atoms with Gasteiger partial charge in [0.1, 0.15) is 5.69 Å². The van der Waals surface area contributed by atoms with Crippen molar-refractivity contribution in [2.75, 3.05) is 7.11 Å². The van der Waals surface area contributed by atoms with Crippen LogP contribution in [0.25, 0.3) is 21.9 Å². The number of nitrogens with zero attached hydrogens (tertiary/aromatic N) is 1. The summed E-state index contributed by atoms with van der Waals surface area (Å²) in [6, 6.07) is 16.8. The third kappa shape index (κ3) is 2.09. The van der Waals surface area contributed by atoms with E-state index in [1.807, 2.05) is 48.5 Å². The largest absolute Gasteiger partial charge is 0.464 e. The second kappa shape index (κ2) is 5.48. The molecule has 4 heteroatoms. The number of carbonyl (C=O) groups is 1. The smallest absolute Gasteiger partial charge is 0.355 e. The van der Waals surface area contributed by atoms with E-state index in [1.165, 1.54) is 11.7 Å². The van der Waals surface area contributed by atoms with Crippen molar-refractivity contribution in [3.8, 4) is 11.1 Å². The van der Waals surface area contributed by atoms with Crippen molar-refractivity contribution in [3.63, 3.8) is 0 Å². The Hall–Kier alpha value is -2.88. The van der Waals surface area contributed by atoms with E-state index in [4.69, 9.17) is 4.74 Å². The molecule has 0 saturated heterocycles. The first-order valence-corrected chi connectivity index (χ1v) is 6.90. The topological polar surface area (TPSA) is 48.3 Å². The van der Waals surface area contributed by atoms with Gasteiger partial charge in [0.25, 0.3) is 5.56 Å². The van der Waals surface area contributed by atoms with Crippen molar-refractivity contribution in [2.24, 2.45) is 7.05 Å². The van der Waals surface area contributed by atoms with Crippen molar-refractivity contribution < 1.29 is 9.53 Å². The second-order valence-corrected chi connectivity index (χ2v) is 4.99. The lowest BCUT2D eigenvalue weighted by atomic mass is 9.97. The van der Waals surface area contributed by atoms with Crippen LogP contribution in [0.1, 0.15) is 10.5 Å². The molecule has 22 heavy (non-hydrogen) atoms. The van der Waals surface area contributed by atoms with E-state index in [1.54, 1.807) is 13.1 Å². The molecule has 0 spiro atoms. The number of pyridine rings is 1. The molecule has 0 aliphatic rings. The summed E-state index contributed by atoms with van der Waals surface area (Å²) in [6.07, 6.45) is 0. The Morgan fingerprint density at radius 2 is 1.55 bits per heavy atom. The summed E-state index contributed by atoms with van der Waals surface area (Å²) in [7, 11) is 2.91. The first-order valence-electron chi connectivity index (χ1n) is 6.90. The van der Waals surface area contributed by atoms with Crippen molar-refractivity contribution in [3.05, 3.63) is 70.6 Å². The highest BCUT2D eigenvalue weighted by atomic mass is 16.5. The van der Waals surface area contributed by atoms with E-state index >= 15 is 0 Å². The summed E-state index contributed by atoms with van der Waals surface area (Å²) in [6.45, 7) is 0. The summed E-state index contributed by atoms with van der Waals surface area (Å²) in [5, 5.41) is 1.33. The maximum atomic E-state index is 12.5. The van der Waals surface area contributed by atoms with Crippen molar-refractivity contribution in [2.45, 2.75) is 0 Å². The Bertz CT molecular complexity index is 911. The number of hydrogen-bond acceptors (Lipinski definition) is 3. The lowest BCUT2D eigenvalue weighted by Crippen LogP contribution is -2.25. The lowest BCUT2D eigenvalue weighted by Gasteiger charge is -2.15. The normalized spacial score (nSPS) is 10.6. The highest BCUT2D eigenvalue weighted by Gasteiger charge is 2.21. The first kappa shape index (κ1) is 14.1. The van der Waals surface area contributed by atoms with Gasteiger partial charge in [0.15, 0.2) is 0 Å². The third-order valence-electron chi connectivity index (χ3n) is 3.74. The van der Waals surface area contributed by atoms with Crippen LogP contribution in [0.4, 0.5) is 0 Å². The van der Waals surface area contributed by atoms with Crippen molar-refractivity contribution >= 4 is 16.7 Å². The molecular weight excluding hydrogens is 278 g/mol. The molecular formula is C18H15NO3. The van der Waals surface area contributed by atoms with Gasteiger partial charge in [-0.2, -0.15) is 0 Å². The molecule has 0 N–H and O–H groups in total. The van der Waals surface area contributed by atoms with Gasteiger partial charge in [-0.25, -0.2) is 4.79 Å². The van der Waals surface area contributed by atoms with E-state index < -0.39 is 5.97 Å². The van der Waals surface area contributed by atoms with E-state index in [9.17, 15) is 9.59 Å². The van der Waals surface area contributed by atoms with Gasteiger partial charge < -0.3 is 9.30 Å². The summed E-state index contributed by atoms with van der Waals surface area (Å²) in [5.41, 5.74) is 1.63. The minimum Gasteiger partial charge on any atom is -0.464 e. The minimum absolute atomic E-state index is 0.212. The van der Waals surface area contributed by atoms with Crippen LogP contribution in [0.2, 0.25) is 0 Å². The molecule has 0 unspecified atom stereocenters. The maximum Gasteiger partial charge on any atom is 0.355 e. The summed E-state index contributed by atoms with van der Waals surface area (Å²) >= 11 is 0. The maximum absolute atomic E-state index is 12.5. The van der Waals surface area contributed by atoms with Gasteiger partial charge in [0, 0.05) is 18.0 Å². The molecule has 110 valence electrons. The van der Waals surface area contributed by atoms with Crippen LogP contribution in [0.3, 0.4) is 0 Å². The highest BCUT2D eigenvalue weighted by Crippen LogP contribution is 2.30. The zero-order valence-corrected chi connectivity index (χ0v) is 12.4. The molecule has 0 saturated carbocycles. The molecule has 0 fully saturated rings. The monoisotopic (exact) mass is 293 g/mol. The molecule has 0 bridgehead atoms. The predicted octanol–water partition coefficient (Wildman–Crippen LogP) is 2.99. The highest BCUT2D eigenvalue weighted by molar-refractivity contribution is 6.06. The standard InChI is InChI=1S/C18H15NO3/c1-19-16(18(21)22-2)15(12-8-4-3-5-9-12)13-10-6-7-11-14(13)17(19)20/h3-11H,1-2H3. The number of aromatic nitrogens is 1. The predicted molar refractivity (Wildman–Crippen MR) is 86.0 cm³/mol. The van der Waals surface area contributed by atoms with E-state index in [2.05, 4.69) is 0 Å². The molecule has 4 nitrogen and oxygen atoms in total. The van der Waals surface area contributed by atoms with Gasteiger partial charge in [-0.15, -0.1) is 0 Å². The number of benzene rings is 2. The molecule has 0 amide bonds. The van der Waals surface area contributed by atoms with E-state index in [0.717, 1.165) is 10.9 Å². The van der Waals surface area contributed by atoms with E-state index in [-0.39, 0.29) is 11.3 Å². The Labute approximate surface area is 127 Å². The Kier molecular flexibility index (Phi) is 3.51. The fourth-order valence-corrected chi connectivity index (χ4v) is 2.70. The Morgan fingerprint density at radius 1 is 0.955 bits per heavy atom. The van der Waals surface area contributed by atoms with Gasteiger partial charge in [-0.1, -0.05) is 48.5 Å². The first-order chi connectivity index (χ1) is 10.6. The molecule has 1 aromatic heterocycles. The number of hydrogen-bond donors (Lipinski definition) is 0. The molecule has 3 aromatic rings. The lowest BCUT2D eigenvalue weighted by molar-refractivity contribution is 0.0589. The summed E-state index contributed by atoms with van der Waals surface area (Å²) < 4.78 is 6.24. The average Bonchev–Trinajstić information content (AvgIpc) is 2.58.